The van der Waals surface area contributed by atoms with Crippen molar-refractivity contribution in [3.05, 3.63) is 29.8 Å². The highest BCUT2D eigenvalue weighted by atomic mass is 32.2. The van der Waals surface area contributed by atoms with Gasteiger partial charge >= 0.3 is 0 Å². The van der Waals surface area contributed by atoms with Crippen molar-refractivity contribution < 1.29 is 9.59 Å². The van der Waals surface area contributed by atoms with Gasteiger partial charge in [0.25, 0.3) is 0 Å². The predicted molar refractivity (Wildman–Crippen MR) is 117 cm³/mol. The van der Waals surface area contributed by atoms with E-state index < -0.39 is 0 Å². The van der Waals surface area contributed by atoms with E-state index in [9.17, 15) is 9.59 Å². The SMILES string of the molecule is CCCC(=O)N1CCC(C(=O)Nc2ccc(CCN3CCSCC3)cc2)CC1. The number of benzene rings is 1. The van der Waals surface area contributed by atoms with Crippen LogP contribution in [0.2, 0.25) is 0 Å². The number of hydrogen-bond acceptors (Lipinski definition) is 4. The summed E-state index contributed by atoms with van der Waals surface area (Å²) >= 11 is 2.04. The molecule has 2 aliphatic rings. The van der Waals surface area contributed by atoms with Crippen LogP contribution < -0.4 is 5.32 Å². The van der Waals surface area contributed by atoms with Gasteiger partial charge in [-0.15, -0.1) is 0 Å². The van der Waals surface area contributed by atoms with Crippen molar-refractivity contribution >= 4 is 29.3 Å². The summed E-state index contributed by atoms with van der Waals surface area (Å²) in [5.74, 6) is 2.80. The number of rotatable bonds is 7. The van der Waals surface area contributed by atoms with Crippen molar-refractivity contribution in [3.63, 3.8) is 0 Å². The second kappa shape index (κ2) is 10.9. The number of carbonyl (C=O) groups excluding carboxylic acids is 2. The van der Waals surface area contributed by atoms with Crippen LogP contribution in [0.15, 0.2) is 24.3 Å². The molecule has 2 heterocycles. The van der Waals surface area contributed by atoms with E-state index in [0.717, 1.165) is 37.9 Å². The maximum absolute atomic E-state index is 12.6. The van der Waals surface area contributed by atoms with Crippen LogP contribution in [0.5, 0.6) is 0 Å². The second-order valence-electron chi connectivity index (χ2n) is 7.80. The number of piperidine rings is 1. The quantitative estimate of drug-likeness (QED) is 0.759. The summed E-state index contributed by atoms with van der Waals surface area (Å²) in [5.41, 5.74) is 2.19. The predicted octanol–water partition coefficient (Wildman–Crippen LogP) is 3.26. The van der Waals surface area contributed by atoms with Gasteiger partial charge in [-0.05, 0) is 43.4 Å². The van der Waals surface area contributed by atoms with Crippen LogP contribution in [0, 0.1) is 5.92 Å². The molecule has 0 bridgehead atoms. The highest BCUT2D eigenvalue weighted by Crippen LogP contribution is 2.21. The van der Waals surface area contributed by atoms with Crippen molar-refractivity contribution in [1.29, 1.82) is 0 Å². The maximum atomic E-state index is 12.6. The highest BCUT2D eigenvalue weighted by molar-refractivity contribution is 7.99. The lowest BCUT2D eigenvalue weighted by atomic mass is 9.95. The molecule has 0 saturated carbocycles. The number of thioether (sulfide) groups is 1. The smallest absolute Gasteiger partial charge is 0.227 e. The first-order chi connectivity index (χ1) is 13.7. The normalized spacial score (nSPS) is 18.8. The first-order valence-corrected chi connectivity index (χ1v) is 11.8. The number of nitrogens with one attached hydrogen (secondary N) is 1. The Bertz CT molecular complexity index is 636. The molecule has 0 aromatic heterocycles. The van der Waals surface area contributed by atoms with Gasteiger partial charge < -0.3 is 15.1 Å². The molecule has 6 heteroatoms. The van der Waals surface area contributed by atoms with Crippen molar-refractivity contribution in [2.45, 2.75) is 39.0 Å². The lowest BCUT2D eigenvalue weighted by Crippen LogP contribution is -2.41. The van der Waals surface area contributed by atoms with Crippen molar-refractivity contribution in [1.82, 2.24) is 9.80 Å². The molecular weight excluding hydrogens is 370 g/mol. The van der Waals surface area contributed by atoms with Crippen LogP contribution in [0.3, 0.4) is 0 Å². The zero-order chi connectivity index (χ0) is 19.8. The summed E-state index contributed by atoms with van der Waals surface area (Å²) in [7, 11) is 0. The topological polar surface area (TPSA) is 52.7 Å². The molecule has 5 nitrogen and oxygen atoms in total. The fraction of sp³-hybridized carbons (Fsp3) is 0.636. The molecule has 2 saturated heterocycles. The Morgan fingerprint density at radius 1 is 1.07 bits per heavy atom. The standard InChI is InChI=1S/C22H33N3O2S/c1-2-3-21(26)25-12-9-19(10-13-25)22(27)23-20-6-4-18(5-7-20)8-11-24-14-16-28-17-15-24/h4-7,19H,2-3,8-17H2,1H3,(H,23,27). The molecule has 0 unspecified atom stereocenters. The molecule has 0 atom stereocenters. The van der Waals surface area contributed by atoms with E-state index >= 15 is 0 Å². The zero-order valence-electron chi connectivity index (χ0n) is 17.0. The number of carbonyl (C=O) groups is 2. The fourth-order valence-corrected chi connectivity index (χ4v) is 4.85. The minimum absolute atomic E-state index is 0.00215. The fourth-order valence-electron chi connectivity index (χ4n) is 3.87. The van der Waals surface area contributed by atoms with E-state index in [4.69, 9.17) is 0 Å². The van der Waals surface area contributed by atoms with Crippen molar-refractivity contribution in [2.24, 2.45) is 5.92 Å². The van der Waals surface area contributed by atoms with Gasteiger partial charge in [0.15, 0.2) is 0 Å². The Kier molecular flexibility index (Phi) is 8.22. The number of anilines is 1. The zero-order valence-corrected chi connectivity index (χ0v) is 17.8. The van der Waals surface area contributed by atoms with Crippen LogP contribution in [0.1, 0.15) is 38.2 Å². The molecule has 2 fully saturated rings. The van der Waals surface area contributed by atoms with Gasteiger partial charge in [-0.2, -0.15) is 11.8 Å². The molecular formula is C22H33N3O2S. The molecule has 1 aromatic carbocycles. The van der Waals surface area contributed by atoms with E-state index in [1.807, 2.05) is 35.7 Å². The van der Waals surface area contributed by atoms with Gasteiger partial charge in [-0.3, -0.25) is 9.59 Å². The molecule has 2 amide bonds. The van der Waals surface area contributed by atoms with Crippen LogP contribution >= 0.6 is 11.8 Å². The van der Waals surface area contributed by atoms with Gasteiger partial charge in [0.2, 0.25) is 11.8 Å². The molecule has 2 aliphatic heterocycles. The van der Waals surface area contributed by atoms with Gasteiger partial charge in [0.1, 0.15) is 0 Å². The first-order valence-electron chi connectivity index (χ1n) is 10.6. The molecule has 3 rings (SSSR count). The Morgan fingerprint density at radius 3 is 2.39 bits per heavy atom. The minimum atomic E-state index is 0.00215. The average molecular weight is 404 g/mol. The van der Waals surface area contributed by atoms with Crippen LogP contribution in [0.25, 0.3) is 0 Å². The molecule has 28 heavy (non-hydrogen) atoms. The van der Waals surface area contributed by atoms with E-state index in [2.05, 4.69) is 22.3 Å². The van der Waals surface area contributed by atoms with Crippen molar-refractivity contribution in [2.75, 3.05) is 49.5 Å². The Labute approximate surface area is 173 Å². The monoisotopic (exact) mass is 403 g/mol. The largest absolute Gasteiger partial charge is 0.343 e. The Balaban J connectivity index is 1.41. The maximum Gasteiger partial charge on any atom is 0.227 e. The Hall–Kier alpha value is -1.53. The number of hydrogen-bond donors (Lipinski definition) is 1. The molecule has 0 spiro atoms. The summed E-state index contributed by atoms with van der Waals surface area (Å²) in [6.07, 6.45) is 4.07. The average Bonchev–Trinajstić information content (AvgIpc) is 2.74. The van der Waals surface area contributed by atoms with Gasteiger partial charge in [0.05, 0.1) is 0 Å². The highest BCUT2D eigenvalue weighted by Gasteiger charge is 2.26. The van der Waals surface area contributed by atoms with Crippen LogP contribution in [0.4, 0.5) is 5.69 Å². The van der Waals surface area contributed by atoms with E-state index in [1.54, 1.807) is 0 Å². The third-order valence-corrected chi connectivity index (χ3v) is 6.67. The summed E-state index contributed by atoms with van der Waals surface area (Å²) in [5, 5.41) is 3.06. The summed E-state index contributed by atoms with van der Waals surface area (Å²) in [4.78, 5) is 29.0. The van der Waals surface area contributed by atoms with E-state index in [0.29, 0.717) is 19.5 Å². The van der Waals surface area contributed by atoms with E-state index in [1.165, 1.54) is 30.2 Å². The first kappa shape index (κ1) is 21.2. The molecule has 1 N–H and O–H groups in total. The summed E-state index contributed by atoms with van der Waals surface area (Å²) in [6, 6.07) is 8.28. The van der Waals surface area contributed by atoms with Crippen molar-refractivity contribution in [3.8, 4) is 0 Å². The van der Waals surface area contributed by atoms with Crippen LogP contribution in [-0.4, -0.2) is 65.8 Å². The van der Waals surface area contributed by atoms with Gasteiger partial charge in [-0.25, -0.2) is 0 Å². The second-order valence-corrected chi connectivity index (χ2v) is 9.02. The number of amides is 2. The third kappa shape index (κ3) is 6.24. The summed E-state index contributed by atoms with van der Waals surface area (Å²) < 4.78 is 0. The lowest BCUT2D eigenvalue weighted by Gasteiger charge is -2.31. The molecule has 154 valence electrons. The lowest BCUT2D eigenvalue weighted by molar-refractivity contribution is -0.134. The Morgan fingerprint density at radius 2 is 1.75 bits per heavy atom. The van der Waals surface area contributed by atoms with Gasteiger partial charge in [0, 0.05) is 62.3 Å². The third-order valence-electron chi connectivity index (χ3n) is 5.72. The minimum Gasteiger partial charge on any atom is -0.343 e. The molecule has 0 aliphatic carbocycles. The van der Waals surface area contributed by atoms with Crippen LogP contribution in [-0.2, 0) is 16.0 Å². The van der Waals surface area contributed by atoms with E-state index in [-0.39, 0.29) is 17.7 Å². The van der Waals surface area contributed by atoms with Gasteiger partial charge in [-0.1, -0.05) is 19.1 Å². The summed E-state index contributed by atoms with van der Waals surface area (Å²) in [6.45, 7) is 6.93. The molecule has 0 radical (unpaired) electrons. The number of likely N-dealkylation sites (tertiary alicyclic amines) is 1. The number of nitrogens with zero attached hydrogens (tertiary/aromatic N) is 2. The molecule has 1 aromatic rings.